The molecule has 0 radical (unpaired) electrons. The minimum atomic E-state index is -4.53. The van der Waals surface area contributed by atoms with Crippen LogP contribution in [0, 0.1) is 0 Å². The average Bonchev–Trinajstić information content (AvgIpc) is 3.12. The zero-order valence-corrected chi connectivity index (χ0v) is 15.9. The normalized spacial score (nSPS) is 12.0. The van der Waals surface area contributed by atoms with Crippen molar-refractivity contribution in [3.8, 4) is 11.5 Å². The number of methoxy groups -OCH3 is 1. The molecule has 2 heterocycles. The SMILES string of the molecule is COc1cc(/C=C\C(=O)NCc2nnc3ccc(C(F)(F)F)cn23)ccc1OC(F)F. The molecule has 0 aliphatic carbocycles. The first-order valence-electron chi connectivity index (χ1n) is 8.67. The molecule has 0 saturated carbocycles. The zero-order chi connectivity index (χ0) is 22.6. The fraction of sp³-hybridized carbons (Fsp3) is 0.211. The number of alkyl halides is 5. The first-order valence-corrected chi connectivity index (χ1v) is 8.67. The molecule has 1 aromatic carbocycles. The minimum Gasteiger partial charge on any atom is -0.493 e. The van der Waals surface area contributed by atoms with Gasteiger partial charge in [0.1, 0.15) is 0 Å². The molecule has 164 valence electrons. The Bertz CT molecular complexity index is 1110. The molecule has 1 amide bonds. The molecule has 0 atom stereocenters. The van der Waals surface area contributed by atoms with Crippen LogP contribution in [0.3, 0.4) is 0 Å². The number of nitrogens with zero attached hydrogens (tertiary/aromatic N) is 3. The third-order valence-corrected chi connectivity index (χ3v) is 4.05. The number of carbonyl (C=O) groups excluding carboxylic acids is 1. The second-order valence-electron chi connectivity index (χ2n) is 6.10. The van der Waals surface area contributed by atoms with E-state index in [0.29, 0.717) is 5.56 Å². The van der Waals surface area contributed by atoms with Gasteiger partial charge in [-0.05, 0) is 35.9 Å². The predicted molar refractivity (Wildman–Crippen MR) is 98.5 cm³/mol. The Morgan fingerprint density at radius 3 is 2.65 bits per heavy atom. The van der Waals surface area contributed by atoms with Crippen molar-refractivity contribution in [3.63, 3.8) is 0 Å². The van der Waals surface area contributed by atoms with Gasteiger partial charge in [0.15, 0.2) is 23.0 Å². The topological polar surface area (TPSA) is 77.8 Å². The summed E-state index contributed by atoms with van der Waals surface area (Å²) < 4.78 is 73.8. The van der Waals surface area contributed by atoms with E-state index in [1.807, 2.05) is 0 Å². The lowest BCUT2D eigenvalue weighted by atomic mass is 10.2. The van der Waals surface area contributed by atoms with E-state index in [9.17, 15) is 26.7 Å². The molecular weight excluding hydrogens is 427 g/mol. The predicted octanol–water partition coefficient (Wildman–Crippen LogP) is 3.69. The average molecular weight is 442 g/mol. The van der Waals surface area contributed by atoms with Gasteiger partial charge in [-0.25, -0.2) is 0 Å². The van der Waals surface area contributed by atoms with Crippen LogP contribution in [0.4, 0.5) is 22.0 Å². The molecule has 0 bridgehead atoms. The highest BCUT2D eigenvalue weighted by molar-refractivity contribution is 5.91. The number of hydrogen-bond donors (Lipinski definition) is 1. The first-order chi connectivity index (χ1) is 14.7. The van der Waals surface area contributed by atoms with Gasteiger partial charge >= 0.3 is 12.8 Å². The Balaban J connectivity index is 1.67. The minimum absolute atomic E-state index is 0.0539. The van der Waals surface area contributed by atoms with Gasteiger partial charge in [0.2, 0.25) is 5.91 Å². The molecule has 0 aliphatic heterocycles. The summed E-state index contributed by atoms with van der Waals surface area (Å²) in [6.07, 6.45) is -1.12. The van der Waals surface area contributed by atoms with Gasteiger partial charge in [-0.2, -0.15) is 22.0 Å². The van der Waals surface area contributed by atoms with E-state index in [4.69, 9.17) is 4.74 Å². The lowest BCUT2D eigenvalue weighted by molar-refractivity contribution is -0.137. The Labute approximate surface area is 172 Å². The molecular formula is C19H15F5N4O3. The van der Waals surface area contributed by atoms with Crippen molar-refractivity contribution >= 4 is 17.6 Å². The number of carbonyl (C=O) groups is 1. The molecule has 0 aliphatic rings. The van der Waals surface area contributed by atoms with Gasteiger partial charge in [0.05, 0.1) is 19.2 Å². The van der Waals surface area contributed by atoms with Gasteiger partial charge in [0.25, 0.3) is 0 Å². The number of fused-ring (bicyclic) bond motifs is 1. The number of pyridine rings is 1. The lowest BCUT2D eigenvalue weighted by Gasteiger charge is -2.10. The maximum Gasteiger partial charge on any atom is 0.417 e. The van der Waals surface area contributed by atoms with Crippen LogP contribution in [0.5, 0.6) is 11.5 Å². The number of hydrogen-bond acceptors (Lipinski definition) is 5. The van der Waals surface area contributed by atoms with Crippen LogP contribution < -0.4 is 14.8 Å². The molecule has 0 fully saturated rings. The molecule has 0 unspecified atom stereocenters. The van der Waals surface area contributed by atoms with Crippen molar-refractivity contribution in [2.24, 2.45) is 0 Å². The van der Waals surface area contributed by atoms with Crippen LogP contribution in [0.25, 0.3) is 11.7 Å². The second kappa shape index (κ2) is 8.98. The van der Waals surface area contributed by atoms with E-state index in [-0.39, 0.29) is 29.5 Å². The maximum atomic E-state index is 12.9. The smallest absolute Gasteiger partial charge is 0.417 e. The largest absolute Gasteiger partial charge is 0.493 e. The maximum absolute atomic E-state index is 12.9. The standard InChI is InChI=1S/C19H15F5N4O3/c1-30-14-8-11(2-5-13(14)31-18(20)21)3-7-17(29)25-9-16-27-26-15-6-4-12(10-28(15)16)19(22,23)24/h2-8,10,18H,9H2,1H3,(H,25,29)/b7-3-. The Morgan fingerprint density at radius 1 is 1.19 bits per heavy atom. The van der Waals surface area contributed by atoms with Crippen LogP contribution in [0.2, 0.25) is 0 Å². The first kappa shape index (κ1) is 22.0. The Kier molecular flexibility index (Phi) is 6.37. The summed E-state index contributed by atoms with van der Waals surface area (Å²) in [5, 5.41) is 10.0. The molecule has 0 spiro atoms. The van der Waals surface area contributed by atoms with E-state index >= 15 is 0 Å². The van der Waals surface area contributed by atoms with Crippen molar-refractivity contribution in [2.75, 3.05) is 7.11 Å². The van der Waals surface area contributed by atoms with E-state index in [2.05, 4.69) is 20.3 Å². The fourth-order valence-corrected chi connectivity index (χ4v) is 2.60. The highest BCUT2D eigenvalue weighted by Gasteiger charge is 2.31. The molecule has 0 saturated heterocycles. The summed E-state index contributed by atoms with van der Waals surface area (Å²) in [4.78, 5) is 12.1. The third kappa shape index (κ3) is 5.47. The van der Waals surface area contributed by atoms with Crippen molar-refractivity contribution in [1.82, 2.24) is 19.9 Å². The number of benzene rings is 1. The van der Waals surface area contributed by atoms with Crippen LogP contribution >= 0.6 is 0 Å². The number of nitrogens with one attached hydrogen (secondary N) is 1. The van der Waals surface area contributed by atoms with E-state index in [1.54, 1.807) is 0 Å². The van der Waals surface area contributed by atoms with Crippen LogP contribution in [-0.4, -0.2) is 34.2 Å². The van der Waals surface area contributed by atoms with Crippen molar-refractivity contribution in [2.45, 2.75) is 19.3 Å². The zero-order valence-electron chi connectivity index (χ0n) is 15.9. The van der Waals surface area contributed by atoms with Crippen molar-refractivity contribution in [3.05, 3.63) is 59.6 Å². The van der Waals surface area contributed by atoms with Crippen LogP contribution in [0.15, 0.2) is 42.6 Å². The molecule has 7 nitrogen and oxygen atoms in total. The Morgan fingerprint density at radius 2 is 1.97 bits per heavy atom. The highest BCUT2D eigenvalue weighted by Crippen LogP contribution is 2.30. The van der Waals surface area contributed by atoms with Gasteiger partial charge in [-0.3, -0.25) is 9.20 Å². The summed E-state index contributed by atoms with van der Waals surface area (Å²) in [6, 6.07) is 6.17. The van der Waals surface area contributed by atoms with Gasteiger partial charge in [-0.1, -0.05) is 6.07 Å². The number of halogens is 5. The summed E-state index contributed by atoms with van der Waals surface area (Å²) in [6.45, 7) is -3.18. The monoisotopic (exact) mass is 442 g/mol. The van der Waals surface area contributed by atoms with Crippen LogP contribution in [0.1, 0.15) is 17.0 Å². The van der Waals surface area contributed by atoms with Crippen LogP contribution in [-0.2, 0) is 17.5 Å². The molecule has 12 heteroatoms. The molecule has 3 aromatic rings. The van der Waals surface area contributed by atoms with E-state index in [1.165, 1.54) is 37.5 Å². The van der Waals surface area contributed by atoms with E-state index in [0.717, 1.165) is 22.7 Å². The molecule has 1 N–H and O–H groups in total. The summed E-state index contributed by atoms with van der Waals surface area (Å²) in [7, 11) is 1.28. The summed E-state index contributed by atoms with van der Waals surface area (Å²) >= 11 is 0. The quantitative estimate of drug-likeness (QED) is 0.446. The Hall–Kier alpha value is -3.70. The van der Waals surface area contributed by atoms with Gasteiger partial charge in [0, 0.05) is 12.3 Å². The number of rotatable bonds is 7. The highest BCUT2D eigenvalue weighted by atomic mass is 19.4. The molecule has 3 rings (SSSR count). The summed E-state index contributed by atoms with van der Waals surface area (Å²) in [5.41, 5.74) is -0.206. The molecule has 31 heavy (non-hydrogen) atoms. The second-order valence-corrected chi connectivity index (χ2v) is 6.10. The van der Waals surface area contributed by atoms with Crippen molar-refractivity contribution < 1.29 is 36.2 Å². The molecule has 2 aromatic heterocycles. The third-order valence-electron chi connectivity index (χ3n) is 4.05. The summed E-state index contributed by atoms with van der Waals surface area (Å²) in [5.74, 6) is -0.553. The number of aromatic nitrogens is 3. The number of amides is 1. The van der Waals surface area contributed by atoms with Gasteiger partial charge in [-0.15, -0.1) is 10.2 Å². The number of ether oxygens (including phenoxy) is 2. The van der Waals surface area contributed by atoms with Gasteiger partial charge < -0.3 is 14.8 Å². The lowest BCUT2D eigenvalue weighted by Crippen LogP contribution is -2.21. The van der Waals surface area contributed by atoms with E-state index < -0.39 is 24.3 Å². The van der Waals surface area contributed by atoms with Crippen molar-refractivity contribution in [1.29, 1.82) is 0 Å². The fourth-order valence-electron chi connectivity index (χ4n) is 2.60.